The van der Waals surface area contributed by atoms with Crippen molar-refractivity contribution >= 4 is 12.4 Å². The molecule has 0 amide bonds. The molecule has 0 unspecified atom stereocenters. The maximum absolute atomic E-state index is 2.45. The Morgan fingerprint density at radius 2 is 1.00 bits per heavy atom. The van der Waals surface area contributed by atoms with Gasteiger partial charge in [-0.2, -0.15) is 0 Å². The predicted molar refractivity (Wildman–Crippen MR) is 73.9 cm³/mol. The third kappa shape index (κ3) is 11.7. The SMILES string of the molecule is CCCC[N+](C)(CCCC)CCCC.Cl.[H-].[Na+]. The maximum atomic E-state index is 2.45. The molecule has 3 heteroatoms. The van der Waals surface area contributed by atoms with Gasteiger partial charge in [0, 0.05) is 0 Å². The van der Waals surface area contributed by atoms with Gasteiger partial charge in [-0.15, -0.1) is 12.4 Å². The molecule has 0 aliphatic rings. The van der Waals surface area contributed by atoms with Crippen LogP contribution in [0.5, 0.6) is 0 Å². The van der Waals surface area contributed by atoms with Gasteiger partial charge in [0.2, 0.25) is 0 Å². The number of nitrogens with zero attached hydrogens (tertiary/aromatic N) is 1. The van der Waals surface area contributed by atoms with Crippen LogP contribution in [0.4, 0.5) is 0 Å². The standard InChI is InChI=1S/C13H30N.ClH.Na.H/c1-5-8-11-14(4,12-9-6-2)13-10-7-3;;;/h5-13H2,1-4H3;1H;;/q+1;;+1;-1. The Morgan fingerprint density at radius 3 is 1.19 bits per heavy atom. The maximum Gasteiger partial charge on any atom is 1.00 e. The van der Waals surface area contributed by atoms with Crippen molar-refractivity contribution in [2.75, 3.05) is 26.7 Å². The summed E-state index contributed by atoms with van der Waals surface area (Å²) in [6, 6.07) is 0. The monoisotopic (exact) mass is 260 g/mol. The fourth-order valence-corrected chi connectivity index (χ4v) is 1.95. The van der Waals surface area contributed by atoms with Crippen molar-refractivity contribution in [2.24, 2.45) is 0 Å². The van der Waals surface area contributed by atoms with Crippen molar-refractivity contribution in [2.45, 2.75) is 59.3 Å². The first kappa shape index (κ1) is 22.4. The molecule has 0 atom stereocenters. The molecule has 0 aliphatic heterocycles. The fraction of sp³-hybridized carbons (Fsp3) is 1.00. The molecule has 0 fully saturated rings. The van der Waals surface area contributed by atoms with Crippen LogP contribution < -0.4 is 29.6 Å². The molecular formula is C13H32ClNNa+. The van der Waals surface area contributed by atoms with Crippen molar-refractivity contribution in [3.05, 3.63) is 0 Å². The van der Waals surface area contributed by atoms with Crippen molar-refractivity contribution in [3.63, 3.8) is 0 Å². The normalized spacial score (nSPS) is 10.5. The topological polar surface area (TPSA) is 0 Å². The fourth-order valence-electron chi connectivity index (χ4n) is 1.95. The van der Waals surface area contributed by atoms with Crippen molar-refractivity contribution in [3.8, 4) is 0 Å². The Bertz CT molecular complexity index is 115. The second kappa shape index (κ2) is 14.3. The van der Waals surface area contributed by atoms with Crippen LogP contribution in [0.1, 0.15) is 60.7 Å². The summed E-state index contributed by atoms with van der Waals surface area (Å²) in [7, 11) is 2.45. The molecule has 0 heterocycles. The Labute approximate surface area is 133 Å². The van der Waals surface area contributed by atoms with Crippen molar-refractivity contribution in [1.82, 2.24) is 0 Å². The van der Waals surface area contributed by atoms with E-state index in [1.807, 2.05) is 0 Å². The first-order chi connectivity index (χ1) is 6.68. The predicted octanol–water partition coefficient (Wildman–Crippen LogP) is 1.37. The molecule has 0 aromatic carbocycles. The van der Waals surface area contributed by atoms with E-state index < -0.39 is 0 Å². The average molecular weight is 261 g/mol. The number of rotatable bonds is 9. The molecule has 16 heavy (non-hydrogen) atoms. The zero-order valence-electron chi connectivity index (χ0n) is 13.2. The Balaban J connectivity index is -0.000000282. The molecule has 0 radical (unpaired) electrons. The Morgan fingerprint density at radius 1 is 0.750 bits per heavy atom. The third-order valence-electron chi connectivity index (χ3n) is 3.15. The Hall–Kier alpha value is 1.25. The van der Waals surface area contributed by atoms with Gasteiger partial charge in [-0.25, -0.2) is 0 Å². The molecule has 0 spiro atoms. The van der Waals surface area contributed by atoms with Crippen LogP contribution in [0.2, 0.25) is 0 Å². The van der Waals surface area contributed by atoms with E-state index in [4.69, 9.17) is 0 Å². The van der Waals surface area contributed by atoms with Gasteiger partial charge in [-0.3, -0.25) is 0 Å². The van der Waals surface area contributed by atoms with Crippen LogP contribution in [0.25, 0.3) is 0 Å². The first-order valence-electron chi connectivity index (χ1n) is 6.52. The minimum atomic E-state index is 0. The number of unbranched alkanes of at least 4 members (excludes halogenated alkanes) is 3. The van der Waals surface area contributed by atoms with Crippen LogP contribution >= 0.6 is 12.4 Å². The van der Waals surface area contributed by atoms with Gasteiger partial charge in [0.05, 0.1) is 26.7 Å². The molecule has 96 valence electrons. The van der Waals surface area contributed by atoms with Gasteiger partial charge in [0.15, 0.2) is 0 Å². The zero-order valence-corrected chi connectivity index (χ0v) is 15.0. The van der Waals surface area contributed by atoms with E-state index in [9.17, 15) is 0 Å². The van der Waals surface area contributed by atoms with Crippen LogP contribution in [0, 0.1) is 0 Å². The number of quaternary nitrogens is 1. The smallest absolute Gasteiger partial charge is 1.00 e. The molecule has 0 saturated heterocycles. The molecule has 0 rings (SSSR count). The van der Waals surface area contributed by atoms with E-state index in [-0.39, 0.29) is 43.4 Å². The number of hydrogen-bond donors (Lipinski definition) is 0. The molecule has 0 aliphatic carbocycles. The summed E-state index contributed by atoms with van der Waals surface area (Å²) in [5, 5.41) is 0. The second-order valence-corrected chi connectivity index (χ2v) is 4.85. The van der Waals surface area contributed by atoms with Crippen LogP contribution in [-0.2, 0) is 0 Å². The first-order valence-corrected chi connectivity index (χ1v) is 6.52. The zero-order chi connectivity index (χ0) is 10.9. The van der Waals surface area contributed by atoms with Crippen molar-refractivity contribution in [1.29, 1.82) is 0 Å². The number of hydrogen-bond acceptors (Lipinski definition) is 0. The molecule has 0 N–H and O–H groups in total. The van der Waals surface area contributed by atoms with Gasteiger partial charge < -0.3 is 5.91 Å². The molecule has 0 aromatic heterocycles. The summed E-state index contributed by atoms with van der Waals surface area (Å²) in [6.45, 7) is 11.0. The molecule has 0 saturated carbocycles. The van der Waals surface area contributed by atoms with Gasteiger partial charge in [-0.05, 0) is 19.3 Å². The summed E-state index contributed by atoms with van der Waals surface area (Å²) in [5.41, 5.74) is 0. The van der Waals surface area contributed by atoms with Gasteiger partial charge >= 0.3 is 29.6 Å². The van der Waals surface area contributed by atoms with E-state index in [0.29, 0.717) is 0 Å². The summed E-state index contributed by atoms with van der Waals surface area (Å²) in [4.78, 5) is 0. The minimum Gasteiger partial charge on any atom is -1.00 e. The van der Waals surface area contributed by atoms with Crippen LogP contribution in [-0.4, -0.2) is 31.2 Å². The average Bonchev–Trinajstić information content (AvgIpc) is 2.21. The van der Waals surface area contributed by atoms with E-state index in [1.54, 1.807) is 0 Å². The van der Waals surface area contributed by atoms with E-state index in [2.05, 4.69) is 27.8 Å². The summed E-state index contributed by atoms with van der Waals surface area (Å²) < 4.78 is 1.32. The third-order valence-corrected chi connectivity index (χ3v) is 3.15. The molecule has 1 nitrogen and oxygen atoms in total. The molecule has 0 bridgehead atoms. The van der Waals surface area contributed by atoms with Gasteiger partial charge in [0.1, 0.15) is 0 Å². The molecule has 0 aromatic rings. The molecular weight excluding hydrogens is 229 g/mol. The summed E-state index contributed by atoms with van der Waals surface area (Å²) in [6.07, 6.45) is 8.20. The largest absolute Gasteiger partial charge is 1.00 e. The van der Waals surface area contributed by atoms with Gasteiger partial charge in [0.25, 0.3) is 0 Å². The number of halogens is 1. The second-order valence-electron chi connectivity index (χ2n) is 4.85. The quantitative estimate of drug-likeness (QED) is 0.434. The van der Waals surface area contributed by atoms with E-state index in [1.165, 1.54) is 62.6 Å². The minimum absolute atomic E-state index is 0. The van der Waals surface area contributed by atoms with Crippen LogP contribution in [0.15, 0.2) is 0 Å². The van der Waals surface area contributed by atoms with E-state index in [0.717, 1.165) is 0 Å². The van der Waals surface area contributed by atoms with Gasteiger partial charge in [-0.1, -0.05) is 40.0 Å². The van der Waals surface area contributed by atoms with Crippen molar-refractivity contribution < 1.29 is 35.5 Å². The summed E-state index contributed by atoms with van der Waals surface area (Å²) in [5.74, 6) is 0. The Kier molecular flexibility index (Phi) is 20.1. The van der Waals surface area contributed by atoms with Crippen LogP contribution in [0.3, 0.4) is 0 Å². The van der Waals surface area contributed by atoms with E-state index >= 15 is 0 Å². The summed E-state index contributed by atoms with van der Waals surface area (Å²) >= 11 is 0.